The Labute approximate surface area is 109 Å². The van der Waals surface area contributed by atoms with Crippen molar-refractivity contribution in [2.45, 2.75) is 52.1 Å². The lowest BCUT2D eigenvalue weighted by molar-refractivity contribution is 0.0980. The number of rotatable bonds is 4. The van der Waals surface area contributed by atoms with E-state index in [9.17, 15) is 4.79 Å². The van der Waals surface area contributed by atoms with Crippen LogP contribution in [0, 0.1) is 5.92 Å². The summed E-state index contributed by atoms with van der Waals surface area (Å²) in [6, 6.07) is 3.56. The molecule has 1 heterocycles. The van der Waals surface area contributed by atoms with Crippen LogP contribution in [0.1, 0.15) is 56.3 Å². The Balaban J connectivity index is 2.07. The summed E-state index contributed by atoms with van der Waals surface area (Å²) < 4.78 is 5.95. The third-order valence-electron chi connectivity index (χ3n) is 3.74. The Morgan fingerprint density at radius 3 is 3.06 bits per heavy atom. The molecule has 98 valence electrons. The van der Waals surface area contributed by atoms with E-state index in [1.165, 1.54) is 19.3 Å². The highest BCUT2D eigenvalue weighted by atomic mass is 16.5. The molecule has 3 heteroatoms. The molecule has 1 fully saturated rings. The summed E-state index contributed by atoms with van der Waals surface area (Å²) in [6.45, 7) is 3.79. The Morgan fingerprint density at radius 1 is 1.50 bits per heavy atom. The van der Waals surface area contributed by atoms with E-state index < -0.39 is 0 Å². The summed E-state index contributed by atoms with van der Waals surface area (Å²) in [5.74, 6) is 1.28. The summed E-state index contributed by atoms with van der Waals surface area (Å²) in [5.41, 5.74) is 0.594. The molecule has 0 aliphatic heterocycles. The molecular formula is C15H21NO2. The van der Waals surface area contributed by atoms with Crippen molar-refractivity contribution >= 4 is 5.78 Å². The fourth-order valence-electron chi connectivity index (χ4n) is 2.63. The van der Waals surface area contributed by atoms with Crippen molar-refractivity contribution in [3.05, 3.63) is 23.9 Å². The Kier molecular flexibility index (Phi) is 4.34. The maximum atomic E-state index is 11.5. The molecule has 3 nitrogen and oxygen atoms in total. The summed E-state index contributed by atoms with van der Waals surface area (Å²) in [4.78, 5) is 15.7. The third-order valence-corrected chi connectivity index (χ3v) is 3.74. The van der Waals surface area contributed by atoms with Crippen molar-refractivity contribution in [3.63, 3.8) is 0 Å². The van der Waals surface area contributed by atoms with Crippen LogP contribution in [0.15, 0.2) is 18.3 Å². The monoisotopic (exact) mass is 247 g/mol. The van der Waals surface area contributed by atoms with Crippen LogP contribution in [-0.2, 0) is 0 Å². The van der Waals surface area contributed by atoms with Gasteiger partial charge in [-0.05, 0) is 44.2 Å². The molecule has 1 aliphatic carbocycles. The fraction of sp³-hybridized carbons (Fsp3) is 0.600. The highest BCUT2D eigenvalue weighted by Gasteiger charge is 2.23. The molecule has 1 aromatic rings. The average molecular weight is 247 g/mol. The number of ether oxygens (including phenoxy) is 1. The molecular weight excluding hydrogens is 226 g/mol. The first-order valence-electron chi connectivity index (χ1n) is 6.83. The van der Waals surface area contributed by atoms with Crippen LogP contribution >= 0.6 is 0 Å². The third kappa shape index (κ3) is 3.09. The summed E-state index contributed by atoms with van der Waals surface area (Å²) >= 11 is 0. The van der Waals surface area contributed by atoms with Gasteiger partial charge >= 0.3 is 0 Å². The van der Waals surface area contributed by atoms with E-state index in [0.29, 0.717) is 11.4 Å². The normalized spacial score (nSPS) is 23.7. The molecule has 18 heavy (non-hydrogen) atoms. The lowest BCUT2D eigenvalue weighted by atomic mass is 9.85. The molecule has 0 amide bonds. The lowest BCUT2D eigenvalue weighted by Gasteiger charge is -2.28. The molecule has 0 N–H and O–H groups in total. The molecule has 1 aliphatic rings. The van der Waals surface area contributed by atoms with Gasteiger partial charge in [-0.25, -0.2) is 4.98 Å². The zero-order chi connectivity index (χ0) is 13.0. The van der Waals surface area contributed by atoms with Gasteiger partial charge in [-0.2, -0.15) is 0 Å². The van der Waals surface area contributed by atoms with Gasteiger partial charge < -0.3 is 4.74 Å². The van der Waals surface area contributed by atoms with Crippen molar-refractivity contribution in [3.8, 4) is 5.88 Å². The van der Waals surface area contributed by atoms with E-state index >= 15 is 0 Å². The minimum absolute atomic E-state index is 0.0148. The Hall–Kier alpha value is -1.38. The van der Waals surface area contributed by atoms with E-state index in [0.717, 1.165) is 18.8 Å². The number of carbonyl (C=O) groups excluding carboxylic acids is 1. The molecule has 0 bridgehead atoms. The second-order valence-corrected chi connectivity index (χ2v) is 5.09. The second kappa shape index (κ2) is 5.98. The van der Waals surface area contributed by atoms with Crippen molar-refractivity contribution < 1.29 is 9.53 Å². The minimum Gasteiger partial charge on any atom is -0.474 e. The molecule has 2 unspecified atom stereocenters. The van der Waals surface area contributed by atoms with Gasteiger partial charge in [0.25, 0.3) is 0 Å². The van der Waals surface area contributed by atoms with Gasteiger partial charge in [0, 0.05) is 6.20 Å². The number of nitrogens with zero attached hydrogens (tertiary/aromatic N) is 1. The molecule has 0 saturated heterocycles. The second-order valence-electron chi connectivity index (χ2n) is 5.09. The van der Waals surface area contributed by atoms with Crippen LogP contribution in [0.2, 0.25) is 0 Å². The van der Waals surface area contributed by atoms with E-state index in [1.54, 1.807) is 25.3 Å². The van der Waals surface area contributed by atoms with Gasteiger partial charge in [0.15, 0.2) is 5.78 Å². The smallest absolute Gasteiger partial charge is 0.224 e. The number of aromatic nitrogens is 1. The van der Waals surface area contributed by atoms with Crippen molar-refractivity contribution in [1.29, 1.82) is 0 Å². The first-order chi connectivity index (χ1) is 8.70. The molecule has 0 aromatic carbocycles. The van der Waals surface area contributed by atoms with Crippen LogP contribution in [-0.4, -0.2) is 16.9 Å². The zero-order valence-corrected chi connectivity index (χ0v) is 11.2. The van der Waals surface area contributed by atoms with Gasteiger partial charge in [0.2, 0.25) is 5.88 Å². The fourth-order valence-corrected chi connectivity index (χ4v) is 2.63. The summed E-state index contributed by atoms with van der Waals surface area (Å²) in [7, 11) is 0. The van der Waals surface area contributed by atoms with E-state index in [1.807, 2.05) is 0 Å². The van der Waals surface area contributed by atoms with E-state index in [4.69, 9.17) is 4.74 Å². The standard InChI is InChI=1S/C15H21NO2/c1-3-12-6-4-7-13(10-12)18-15-14(11(2)17)8-5-9-16-15/h5,8-9,12-13H,3-4,6-7,10H2,1-2H3. The Bertz CT molecular complexity index is 417. The average Bonchev–Trinajstić information content (AvgIpc) is 2.39. The van der Waals surface area contributed by atoms with Gasteiger partial charge in [-0.3, -0.25) is 4.79 Å². The highest BCUT2D eigenvalue weighted by molar-refractivity contribution is 5.96. The van der Waals surface area contributed by atoms with Crippen LogP contribution in [0.4, 0.5) is 0 Å². The molecule has 1 aromatic heterocycles. The van der Waals surface area contributed by atoms with Crippen LogP contribution in [0.5, 0.6) is 5.88 Å². The molecule has 1 saturated carbocycles. The quantitative estimate of drug-likeness (QED) is 0.763. The SMILES string of the molecule is CCC1CCCC(Oc2ncccc2C(C)=O)C1. The number of pyridine rings is 1. The maximum absolute atomic E-state index is 11.5. The van der Waals surface area contributed by atoms with Crippen molar-refractivity contribution in [2.75, 3.05) is 0 Å². The minimum atomic E-state index is 0.0148. The molecule has 2 rings (SSSR count). The van der Waals surface area contributed by atoms with E-state index in [-0.39, 0.29) is 11.9 Å². The topological polar surface area (TPSA) is 39.2 Å². The van der Waals surface area contributed by atoms with Gasteiger partial charge in [-0.15, -0.1) is 0 Å². The zero-order valence-electron chi connectivity index (χ0n) is 11.2. The van der Waals surface area contributed by atoms with Crippen LogP contribution < -0.4 is 4.74 Å². The number of Topliss-reactive ketones (excluding diaryl/α,β-unsaturated/α-hetero) is 1. The van der Waals surface area contributed by atoms with E-state index in [2.05, 4.69) is 11.9 Å². The van der Waals surface area contributed by atoms with Crippen LogP contribution in [0.3, 0.4) is 0 Å². The molecule has 0 radical (unpaired) electrons. The first kappa shape index (κ1) is 13.1. The van der Waals surface area contributed by atoms with Crippen molar-refractivity contribution in [1.82, 2.24) is 4.98 Å². The lowest BCUT2D eigenvalue weighted by Crippen LogP contribution is -2.26. The highest BCUT2D eigenvalue weighted by Crippen LogP contribution is 2.30. The van der Waals surface area contributed by atoms with Gasteiger partial charge in [0.1, 0.15) is 6.10 Å². The Morgan fingerprint density at radius 2 is 2.33 bits per heavy atom. The molecule has 0 spiro atoms. The summed E-state index contributed by atoms with van der Waals surface area (Å²) in [6.07, 6.45) is 7.79. The van der Waals surface area contributed by atoms with Crippen LogP contribution in [0.25, 0.3) is 0 Å². The first-order valence-corrected chi connectivity index (χ1v) is 6.83. The molecule has 2 atom stereocenters. The number of ketones is 1. The van der Waals surface area contributed by atoms with Gasteiger partial charge in [-0.1, -0.05) is 19.8 Å². The predicted octanol–water partition coefficient (Wildman–Crippen LogP) is 3.63. The number of hydrogen-bond acceptors (Lipinski definition) is 3. The predicted molar refractivity (Wildman–Crippen MR) is 70.9 cm³/mol. The maximum Gasteiger partial charge on any atom is 0.224 e. The van der Waals surface area contributed by atoms with Gasteiger partial charge in [0.05, 0.1) is 5.56 Å². The largest absolute Gasteiger partial charge is 0.474 e. The summed E-state index contributed by atoms with van der Waals surface area (Å²) in [5, 5.41) is 0. The number of hydrogen-bond donors (Lipinski definition) is 0. The number of carbonyl (C=O) groups is 1. The van der Waals surface area contributed by atoms with Crippen molar-refractivity contribution in [2.24, 2.45) is 5.92 Å².